The second-order valence-electron chi connectivity index (χ2n) is 17.8. The van der Waals surface area contributed by atoms with Crippen molar-refractivity contribution in [2.24, 2.45) is 34.0 Å². The van der Waals surface area contributed by atoms with Gasteiger partial charge in [0.1, 0.15) is 18.4 Å². The van der Waals surface area contributed by atoms with Crippen molar-refractivity contribution in [1.82, 2.24) is 4.98 Å². The van der Waals surface area contributed by atoms with Crippen LogP contribution in [0.3, 0.4) is 0 Å². The number of aliphatic hydroxyl groups is 1. The van der Waals surface area contributed by atoms with Gasteiger partial charge in [-0.15, -0.1) is 17.9 Å². The molecule has 2 aromatic rings. The largest absolute Gasteiger partial charge is 1.00 e. The molecule has 0 spiro atoms. The van der Waals surface area contributed by atoms with E-state index in [1.54, 1.807) is 11.3 Å². The number of carbonyl (C=O) groups is 2. The number of ether oxygens (including phenoxy) is 1. The number of rotatable bonds is 21. The highest BCUT2D eigenvalue weighted by atomic mass is 79.9. The van der Waals surface area contributed by atoms with Gasteiger partial charge < -0.3 is 26.8 Å². The maximum atomic E-state index is 13.7. The summed E-state index contributed by atoms with van der Waals surface area (Å²) in [6.07, 6.45) is 27.9. The van der Waals surface area contributed by atoms with Crippen LogP contribution in [0.25, 0.3) is 11.3 Å². The van der Waals surface area contributed by atoms with Crippen molar-refractivity contribution in [1.29, 1.82) is 0 Å². The third-order valence-electron chi connectivity index (χ3n) is 14.3. The van der Waals surface area contributed by atoms with Gasteiger partial charge in [0.25, 0.3) is 0 Å². The predicted molar refractivity (Wildman–Crippen MR) is 223 cm³/mol. The number of carbonyl (C=O) groups excluding carboxylic acids is 2. The molecule has 3 saturated carbocycles. The van der Waals surface area contributed by atoms with Crippen LogP contribution in [-0.2, 0) is 20.9 Å². The zero-order chi connectivity index (χ0) is 38.8. The molecule has 308 valence electrons. The molecule has 0 radical (unpaired) electrons. The predicted octanol–water partition coefficient (Wildman–Crippen LogP) is 8.58. The normalized spacial score (nSPS) is 30.2. The first-order valence-corrected chi connectivity index (χ1v) is 23.5. The van der Waals surface area contributed by atoms with Gasteiger partial charge in [-0.25, -0.2) is 9.55 Å². The lowest BCUT2D eigenvalue weighted by molar-refractivity contribution is -0.697. The number of Topliss-reactive ketones (excluding diaryl/α,β-unsaturated/α-hetero) is 1. The van der Waals surface area contributed by atoms with Gasteiger partial charge in [-0.2, -0.15) is 0 Å². The van der Waals surface area contributed by atoms with Crippen molar-refractivity contribution in [3.05, 3.63) is 42.6 Å². The highest BCUT2D eigenvalue weighted by Crippen LogP contribution is 2.68. The molecule has 55 heavy (non-hydrogen) atoms. The Bertz CT molecular complexity index is 1520. The summed E-state index contributed by atoms with van der Waals surface area (Å²) >= 11 is 2.96. The fourth-order valence-corrected chi connectivity index (χ4v) is 12.2. The molecule has 0 aliphatic heterocycles. The van der Waals surface area contributed by atoms with Crippen molar-refractivity contribution >= 4 is 34.9 Å². The first kappa shape index (κ1) is 46.1. The van der Waals surface area contributed by atoms with Crippen LogP contribution >= 0.6 is 23.1 Å². The Labute approximate surface area is 352 Å². The molecule has 3 aliphatic rings. The van der Waals surface area contributed by atoms with E-state index in [9.17, 15) is 14.7 Å². The molecule has 0 amide bonds. The maximum absolute atomic E-state index is 13.7. The van der Waals surface area contributed by atoms with Crippen LogP contribution in [0.5, 0.6) is 0 Å². The molecule has 0 saturated heterocycles. The molecule has 3 fully saturated rings. The van der Waals surface area contributed by atoms with E-state index in [-0.39, 0.29) is 57.7 Å². The van der Waals surface area contributed by atoms with Crippen LogP contribution in [0, 0.1) is 34.0 Å². The fourth-order valence-electron chi connectivity index (χ4n) is 10.5. The maximum Gasteiger partial charge on any atom is 0.316 e. The standard InChI is InChI=1S/C46H71N2O4S2.BrH/c1-7-9-10-11-12-13-14-15-16-17-18-19-20-21-28-48-29-24-36(25-30-48)37-32-53-43(47-37)54-33-40(50)52-39-31-44(5,8-2)42(51)35(4)46-26-22-34(3)45(39,6)41(46)38(49)23-27-46;/h8,24-25,29-30,32,34-35,39,41-42,51H,2,7,9-23,26-28,31,33H2,1,3-6H3;1H/q+1;/p-1/t34-,35+,39-,41+,42+,44-,45+,46+;/m1./s1. The third kappa shape index (κ3) is 10.9. The summed E-state index contributed by atoms with van der Waals surface area (Å²) in [7, 11) is 0. The number of halogens is 1. The van der Waals surface area contributed by atoms with E-state index >= 15 is 0 Å². The van der Waals surface area contributed by atoms with Gasteiger partial charge >= 0.3 is 5.97 Å². The van der Waals surface area contributed by atoms with Gasteiger partial charge in [0.2, 0.25) is 0 Å². The van der Waals surface area contributed by atoms with E-state index in [2.05, 4.69) is 68.7 Å². The minimum atomic E-state index is -0.665. The molecule has 1 N–H and O–H groups in total. The minimum Gasteiger partial charge on any atom is -1.00 e. The van der Waals surface area contributed by atoms with Crippen LogP contribution in [-0.4, -0.2) is 39.8 Å². The quantitative estimate of drug-likeness (QED) is 0.0446. The van der Waals surface area contributed by atoms with Crippen LogP contribution in [0.2, 0.25) is 0 Å². The smallest absolute Gasteiger partial charge is 0.316 e. The zero-order valence-electron chi connectivity index (χ0n) is 34.7. The molecule has 9 heteroatoms. The van der Waals surface area contributed by atoms with Crippen molar-refractivity contribution < 1.29 is 41.0 Å². The number of ketones is 1. The number of aromatic nitrogens is 2. The number of thioether (sulfide) groups is 1. The second-order valence-corrected chi connectivity index (χ2v) is 19.9. The highest BCUT2D eigenvalue weighted by molar-refractivity contribution is 8.01. The van der Waals surface area contributed by atoms with Crippen molar-refractivity contribution in [3.63, 3.8) is 0 Å². The fraction of sp³-hybridized carbons (Fsp3) is 0.739. The summed E-state index contributed by atoms with van der Waals surface area (Å²) in [5.41, 5.74) is 0.582. The van der Waals surface area contributed by atoms with Gasteiger partial charge in [-0.3, -0.25) is 9.59 Å². The summed E-state index contributed by atoms with van der Waals surface area (Å²) in [6, 6.07) is 4.27. The molecular formula is C46H71BrN2O4S2. The molecule has 2 heterocycles. The Morgan fingerprint density at radius 2 is 1.60 bits per heavy atom. The summed E-state index contributed by atoms with van der Waals surface area (Å²) < 4.78 is 9.54. The number of esters is 1. The Balaban J connectivity index is 0.00000673. The Morgan fingerprint density at radius 1 is 1.00 bits per heavy atom. The monoisotopic (exact) mass is 858 g/mol. The van der Waals surface area contributed by atoms with E-state index in [1.807, 2.05) is 13.0 Å². The van der Waals surface area contributed by atoms with Crippen LogP contribution < -0.4 is 21.5 Å². The number of hydrogen-bond acceptors (Lipinski definition) is 7. The highest BCUT2D eigenvalue weighted by Gasteiger charge is 2.68. The number of aliphatic hydroxyl groups excluding tert-OH is 1. The molecule has 8 atom stereocenters. The van der Waals surface area contributed by atoms with Gasteiger partial charge in [0, 0.05) is 52.7 Å². The number of hydrogen-bond donors (Lipinski definition) is 1. The van der Waals surface area contributed by atoms with Gasteiger partial charge in [0.05, 0.1) is 17.6 Å². The molecular weight excluding hydrogens is 789 g/mol. The number of pyridine rings is 1. The van der Waals surface area contributed by atoms with Gasteiger partial charge in [-0.1, -0.05) is 130 Å². The Hall–Kier alpha value is -1.55. The Morgan fingerprint density at radius 3 is 2.20 bits per heavy atom. The van der Waals surface area contributed by atoms with Crippen molar-refractivity contribution in [3.8, 4) is 11.3 Å². The average Bonchev–Trinajstić information content (AvgIpc) is 3.80. The van der Waals surface area contributed by atoms with E-state index < -0.39 is 23.0 Å². The van der Waals surface area contributed by atoms with Crippen molar-refractivity contribution in [2.75, 3.05) is 5.75 Å². The summed E-state index contributed by atoms with van der Waals surface area (Å²) in [5.74, 6) is 0.0789. The van der Waals surface area contributed by atoms with E-state index in [4.69, 9.17) is 9.72 Å². The SMILES string of the molecule is C=C[C@]1(C)C[C@@H](OC(=O)CSc2nc(-c3cc[n+](CCCCCCCCCCCCCCCC)cc3)cs2)[C@]2(C)[C@H](C)CC[C@]3(CCC(=O)[C@H]32)[C@@H](C)[C@@H]1O.[Br-]. The van der Waals surface area contributed by atoms with Crippen LogP contribution in [0.15, 0.2) is 46.9 Å². The zero-order valence-corrected chi connectivity index (χ0v) is 37.9. The molecule has 2 aromatic heterocycles. The van der Waals surface area contributed by atoms with Gasteiger partial charge in [-0.05, 0) is 49.4 Å². The van der Waals surface area contributed by atoms with E-state index in [0.717, 1.165) is 41.4 Å². The minimum absolute atomic E-state index is 0. The number of thiazole rings is 1. The lowest BCUT2D eigenvalue weighted by atomic mass is 9.44. The second kappa shape index (κ2) is 21.5. The molecule has 0 unspecified atom stereocenters. The van der Waals surface area contributed by atoms with E-state index in [0.29, 0.717) is 12.8 Å². The molecule has 3 aliphatic carbocycles. The number of nitrogens with zero attached hydrogens (tertiary/aromatic N) is 2. The van der Waals surface area contributed by atoms with Crippen LogP contribution in [0.1, 0.15) is 157 Å². The summed E-state index contributed by atoms with van der Waals surface area (Å²) in [6.45, 7) is 16.0. The topological polar surface area (TPSA) is 80.4 Å². The van der Waals surface area contributed by atoms with Crippen molar-refractivity contribution in [2.45, 2.75) is 180 Å². The summed E-state index contributed by atoms with van der Waals surface area (Å²) in [4.78, 5) is 32.2. The molecule has 6 nitrogen and oxygen atoms in total. The first-order chi connectivity index (χ1) is 26.0. The Kier molecular flexibility index (Phi) is 18.0. The lowest BCUT2D eigenvalue weighted by Crippen LogP contribution is -3.00. The number of unbranched alkanes of at least 4 members (excludes halogenated alkanes) is 13. The molecule has 0 aromatic carbocycles. The van der Waals surface area contributed by atoms with E-state index in [1.165, 1.54) is 102 Å². The summed E-state index contributed by atoms with van der Waals surface area (Å²) in [5, 5.41) is 13.9. The number of aryl methyl sites for hydroxylation is 1. The third-order valence-corrected chi connectivity index (χ3v) is 16.3. The van der Waals surface area contributed by atoms with Crippen LogP contribution in [0.4, 0.5) is 0 Å². The average molecular weight is 860 g/mol. The molecule has 5 rings (SSSR count). The van der Waals surface area contributed by atoms with Gasteiger partial charge in [0.15, 0.2) is 16.7 Å². The first-order valence-electron chi connectivity index (χ1n) is 21.6. The molecule has 2 bridgehead atoms. The lowest BCUT2D eigenvalue weighted by Gasteiger charge is -2.61.